The van der Waals surface area contributed by atoms with Gasteiger partial charge in [-0.15, -0.1) is 10.2 Å². The Morgan fingerprint density at radius 2 is 1.58 bits per heavy atom. The van der Waals surface area contributed by atoms with Crippen molar-refractivity contribution in [2.24, 2.45) is 0 Å². The number of amides is 1. The van der Waals surface area contributed by atoms with Gasteiger partial charge in [0.2, 0.25) is 5.01 Å². The van der Waals surface area contributed by atoms with Gasteiger partial charge in [0.05, 0.1) is 5.03 Å². The standard InChI is InChI=1S/C18H12ClF2N3OS/c19-15(9-11-1-5-13(20)6-2-11)17-23-24-18(26-17)16(25)22-10-12-3-7-14(21)8-4-12/h1-9H,10H2,(H,22,25). The average Bonchev–Trinajstić information content (AvgIpc) is 3.13. The van der Waals surface area contributed by atoms with Gasteiger partial charge >= 0.3 is 0 Å². The number of nitrogens with zero attached hydrogens (tertiary/aromatic N) is 2. The molecule has 0 aliphatic heterocycles. The van der Waals surface area contributed by atoms with Crippen molar-refractivity contribution in [1.29, 1.82) is 0 Å². The van der Waals surface area contributed by atoms with E-state index in [1.165, 1.54) is 24.3 Å². The zero-order valence-electron chi connectivity index (χ0n) is 13.2. The van der Waals surface area contributed by atoms with Crippen LogP contribution in [-0.4, -0.2) is 16.1 Å². The lowest BCUT2D eigenvalue weighted by Gasteiger charge is -2.02. The van der Waals surface area contributed by atoms with E-state index in [9.17, 15) is 13.6 Å². The van der Waals surface area contributed by atoms with Crippen LogP contribution in [0.2, 0.25) is 0 Å². The number of hydrogen-bond donors (Lipinski definition) is 1. The first kappa shape index (κ1) is 18.2. The summed E-state index contributed by atoms with van der Waals surface area (Å²) in [5, 5.41) is 11.3. The lowest BCUT2D eigenvalue weighted by Crippen LogP contribution is -2.22. The third-order valence-corrected chi connectivity index (χ3v) is 4.71. The van der Waals surface area contributed by atoms with Crippen LogP contribution >= 0.6 is 22.9 Å². The molecule has 0 bridgehead atoms. The first-order valence-electron chi connectivity index (χ1n) is 7.50. The van der Waals surface area contributed by atoms with Crippen molar-refractivity contribution in [3.05, 3.63) is 81.3 Å². The maximum absolute atomic E-state index is 12.9. The largest absolute Gasteiger partial charge is 0.346 e. The van der Waals surface area contributed by atoms with Crippen molar-refractivity contribution in [2.75, 3.05) is 0 Å². The normalized spacial score (nSPS) is 11.4. The fourth-order valence-electron chi connectivity index (χ4n) is 2.04. The smallest absolute Gasteiger partial charge is 0.282 e. The molecule has 4 nitrogen and oxygen atoms in total. The van der Waals surface area contributed by atoms with E-state index >= 15 is 0 Å². The monoisotopic (exact) mass is 391 g/mol. The summed E-state index contributed by atoms with van der Waals surface area (Å²) < 4.78 is 25.8. The molecule has 1 amide bonds. The third kappa shape index (κ3) is 4.71. The lowest BCUT2D eigenvalue weighted by atomic mass is 10.2. The van der Waals surface area contributed by atoms with Crippen molar-refractivity contribution in [3.63, 3.8) is 0 Å². The highest BCUT2D eigenvalue weighted by molar-refractivity contribution is 7.15. The number of rotatable bonds is 5. The second-order valence-corrected chi connectivity index (χ2v) is 6.65. The maximum Gasteiger partial charge on any atom is 0.282 e. The number of carbonyl (C=O) groups excluding carboxylic acids is 1. The van der Waals surface area contributed by atoms with Crippen molar-refractivity contribution >= 4 is 40.0 Å². The van der Waals surface area contributed by atoms with Gasteiger partial charge in [-0.2, -0.15) is 0 Å². The Hall–Kier alpha value is -2.64. The number of aromatic nitrogens is 2. The van der Waals surface area contributed by atoms with E-state index < -0.39 is 5.91 Å². The van der Waals surface area contributed by atoms with E-state index in [4.69, 9.17) is 11.6 Å². The van der Waals surface area contributed by atoms with Gasteiger partial charge in [-0.25, -0.2) is 8.78 Å². The molecule has 8 heteroatoms. The summed E-state index contributed by atoms with van der Waals surface area (Å²) in [5.74, 6) is -1.07. The van der Waals surface area contributed by atoms with Crippen LogP contribution in [0.1, 0.15) is 25.9 Å². The predicted octanol–water partition coefficient (Wildman–Crippen LogP) is 4.48. The topological polar surface area (TPSA) is 54.9 Å². The molecule has 0 saturated heterocycles. The van der Waals surface area contributed by atoms with E-state index in [-0.39, 0.29) is 23.2 Å². The molecule has 0 aliphatic rings. The quantitative estimate of drug-likeness (QED) is 0.697. The summed E-state index contributed by atoms with van der Waals surface area (Å²) in [5.41, 5.74) is 1.47. The van der Waals surface area contributed by atoms with Gasteiger partial charge in [0.25, 0.3) is 5.91 Å². The summed E-state index contributed by atoms with van der Waals surface area (Å²) >= 11 is 7.23. The molecule has 3 aromatic rings. The Balaban J connectivity index is 1.65. The van der Waals surface area contributed by atoms with Crippen LogP contribution < -0.4 is 5.32 Å². The second-order valence-electron chi connectivity index (χ2n) is 5.27. The summed E-state index contributed by atoms with van der Waals surface area (Å²) in [7, 11) is 0. The third-order valence-electron chi connectivity index (χ3n) is 3.35. The molecular weight excluding hydrogens is 380 g/mol. The van der Waals surface area contributed by atoms with Gasteiger partial charge < -0.3 is 5.32 Å². The maximum atomic E-state index is 12.9. The van der Waals surface area contributed by atoms with Crippen molar-refractivity contribution in [2.45, 2.75) is 6.54 Å². The zero-order valence-corrected chi connectivity index (χ0v) is 14.8. The first-order valence-corrected chi connectivity index (χ1v) is 8.70. The molecule has 1 N–H and O–H groups in total. The molecule has 132 valence electrons. The van der Waals surface area contributed by atoms with Crippen molar-refractivity contribution in [1.82, 2.24) is 15.5 Å². The Kier molecular flexibility index (Phi) is 5.70. The highest BCUT2D eigenvalue weighted by atomic mass is 35.5. The summed E-state index contributed by atoms with van der Waals surface area (Å²) in [6.45, 7) is 0.243. The fourth-order valence-corrected chi connectivity index (χ4v) is 2.99. The minimum Gasteiger partial charge on any atom is -0.346 e. The van der Waals surface area contributed by atoms with Gasteiger partial charge in [0, 0.05) is 6.54 Å². The first-order chi connectivity index (χ1) is 12.5. The Morgan fingerprint density at radius 3 is 2.23 bits per heavy atom. The molecule has 0 atom stereocenters. The molecule has 1 heterocycles. The summed E-state index contributed by atoms with van der Waals surface area (Å²) in [4.78, 5) is 12.1. The van der Waals surface area contributed by atoms with Gasteiger partial charge in [-0.05, 0) is 41.5 Å². The van der Waals surface area contributed by atoms with Crippen LogP contribution in [0, 0.1) is 11.6 Å². The number of halogens is 3. The molecule has 0 fully saturated rings. The second kappa shape index (κ2) is 8.16. The molecule has 0 unspecified atom stereocenters. The van der Waals surface area contributed by atoms with Crippen LogP contribution in [0.3, 0.4) is 0 Å². The van der Waals surface area contributed by atoms with E-state index in [0.717, 1.165) is 16.9 Å². The number of benzene rings is 2. The van der Waals surface area contributed by atoms with Crippen LogP contribution in [-0.2, 0) is 6.54 Å². The lowest BCUT2D eigenvalue weighted by molar-refractivity contribution is 0.0950. The highest BCUT2D eigenvalue weighted by Gasteiger charge is 2.14. The Morgan fingerprint density at radius 1 is 1.00 bits per heavy atom. The zero-order chi connectivity index (χ0) is 18.5. The fraction of sp³-hybridized carbons (Fsp3) is 0.0556. The molecule has 0 saturated carbocycles. The Bertz CT molecular complexity index is 940. The number of hydrogen-bond acceptors (Lipinski definition) is 4. The van der Waals surface area contributed by atoms with E-state index in [1.807, 2.05) is 0 Å². The molecule has 0 radical (unpaired) electrons. The molecule has 26 heavy (non-hydrogen) atoms. The molecule has 0 aliphatic carbocycles. The van der Waals surface area contributed by atoms with E-state index in [0.29, 0.717) is 15.6 Å². The summed E-state index contributed by atoms with van der Waals surface area (Å²) in [6.07, 6.45) is 1.61. The van der Waals surface area contributed by atoms with E-state index in [2.05, 4.69) is 15.5 Å². The minimum atomic E-state index is -0.399. The molecule has 0 spiro atoms. The summed E-state index contributed by atoms with van der Waals surface area (Å²) in [6, 6.07) is 11.6. The van der Waals surface area contributed by atoms with Crippen LogP contribution in [0.25, 0.3) is 11.1 Å². The van der Waals surface area contributed by atoms with Crippen molar-refractivity contribution in [3.8, 4) is 0 Å². The molecule has 1 aromatic heterocycles. The highest BCUT2D eigenvalue weighted by Crippen LogP contribution is 2.25. The van der Waals surface area contributed by atoms with Crippen LogP contribution in [0.15, 0.2) is 48.5 Å². The van der Waals surface area contributed by atoms with Crippen LogP contribution in [0.5, 0.6) is 0 Å². The minimum absolute atomic E-state index is 0.160. The SMILES string of the molecule is O=C(NCc1ccc(F)cc1)c1nnc(C(Cl)=Cc2ccc(F)cc2)s1. The van der Waals surface area contributed by atoms with Gasteiger partial charge in [-0.3, -0.25) is 4.79 Å². The van der Waals surface area contributed by atoms with Crippen molar-refractivity contribution < 1.29 is 13.6 Å². The Labute approximate surface area is 157 Å². The molecule has 3 rings (SSSR count). The van der Waals surface area contributed by atoms with E-state index in [1.54, 1.807) is 30.3 Å². The number of carbonyl (C=O) groups is 1. The van der Waals surface area contributed by atoms with Gasteiger partial charge in [0.15, 0.2) is 5.01 Å². The molecular formula is C18H12ClF2N3OS. The predicted molar refractivity (Wildman–Crippen MR) is 97.6 cm³/mol. The number of nitrogens with one attached hydrogen (secondary N) is 1. The van der Waals surface area contributed by atoms with Gasteiger partial charge in [-0.1, -0.05) is 47.2 Å². The molecule has 2 aromatic carbocycles. The van der Waals surface area contributed by atoms with Gasteiger partial charge in [0.1, 0.15) is 11.6 Å². The average molecular weight is 392 g/mol. The van der Waals surface area contributed by atoms with Crippen LogP contribution in [0.4, 0.5) is 8.78 Å².